The fraction of sp³-hybridized carbons (Fsp3) is 0.667. The van der Waals surface area contributed by atoms with Crippen molar-refractivity contribution in [2.45, 2.75) is 64.8 Å². The number of hydrogen-bond acceptors (Lipinski definition) is 1. The Morgan fingerprint density at radius 1 is 0.947 bits per heavy atom. The van der Waals surface area contributed by atoms with E-state index in [2.05, 4.69) is 38.2 Å². The van der Waals surface area contributed by atoms with Gasteiger partial charge in [0.25, 0.3) is 0 Å². The smallest absolute Gasteiger partial charge is 0.0465 e. The summed E-state index contributed by atoms with van der Waals surface area (Å²) in [5.41, 5.74) is 6.26. The average Bonchev–Trinajstić information content (AvgIpc) is 3.19. The SMILES string of the molecule is Cc1cc(C)c(C2(C3CC3)CCCCCN2)cc1C. The highest BCUT2D eigenvalue weighted by Crippen LogP contribution is 2.50. The van der Waals surface area contributed by atoms with Crippen LogP contribution in [0, 0.1) is 26.7 Å². The van der Waals surface area contributed by atoms with E-state index in [1.807, 2.05) is 0 Å². The molecule has 1 aromatic rings. The van der Waals surface area contributed by atoms with E-state index >= 15 is 0 Å². The number of nitrogens with one attached hydrogen (secondary N) is 1. The van der Waals surface area contributed by atoms with Gasteiger partial charge in [-0.3, -0.25) is 0 Å². The Bertz CT molecular complexity index is 463. The zero-order chi connectivity index (χ0) is 13.5. The molecule has 1 heteroatoms. The highest BCUT2D eigenvalue weighted by atomic mass is 15.0. The van der Waals surface area contributed by atoms with Crippen LogP contribution in [0.25, 0.3) is 0 Å². The summed E-state index contributed by atoms with van der Waals surface area (Å²) in [4.78, 5) is 0. The van der Waals surface area contributed by atoms with E-state index in [4.69, 9.17) is 0 Å². The molecule has 0 bridgehead atoms. The molecule has 19 heavy (non-hydrogen) atoms. The zero-order valence-corrected chi connectivity index (χ0v) is 12.7. The van der Waals surface area contributed by atoms with Gasteiger partial charge in [0.15, 0.2) is 0 Å². The molecule has 1 aliphatic carbocycles. The van der Waals surface area contributed by atoms with Gasteiger partial charge in [0, 0.05) is 5.54 Å². The monoisotopic (exact) mass is 257 g/mol. The third-order valence-corrected chi connectivity index (χ3v) is 5.28. The standard InChI is InChI=1S/C18H27N/c1-13-11-15(3)17(12-14(13)2)18(16-7-8-16)9-5-4-6-10-19-18/h11-12,16,19H,4-10H2,1-3H3. The molecule has 1 unspecified atom stereocenters. The minimum atomic E-state index is 0.291. The average molecular weight is 257 g/mol. The molecule has 1 aromatic carbocycles. The molecule has 2 fully saturated rings. The molecule has 1 saturated heterocycles. The van der Waals surface area contributed by atoms with Crippen molar-refractivity contribution in [1.29, 1.82) is 0 Å². The Balaban J connectivity index is 2.06. The normalized spacial score (nSPS) is 28.2. The lowest BCUT2D eigenvalue weighted by molar-refractivity contribution is 0.277. The van der Waals surface area contributed by atoms with Gasteiger partial charge in [0.05, 0.1) is 0 Å². The minimum Gasteiger partial charge on any atom is -0.307 e. The minimum absolute atomic E-state index is 0.291. The summed E-state index contributed by atoms with van der Waals surface area (Å²) in [6, 6.07) is 4.86. The summed E-state index contributed by atoms with van der Waals surface area (Å²) in [5, 5.41) is 3.96. The lowest BCUT2D eigenvalue weighted by atomic mass is 9.78. The Labute approximate surface area is 117 Å². The predicted octanol–water partition coefficient (Wildman–Crippen LogP) is 4.38. The predicted molar refractivity (Wildman–Crippen MR) is 81.5 cm³/mol. The Morgan fingerprint density at radius 2 is 1.68 bits per heavy atom. The van der Waals surface area contributed by atoms with Crippen LogP contribution in [-0.4, -0.2) is 6.54 Å². The van der Waals surface area contributed by atoms with Gasteiger partial charge in [-0.05, 0) is 81.2 Å². The maximum absolute atomic E-state index is 3.96. The molecule has 1 heterocycles. The van der Waals surface area contributed by atoms with Gasteiger partial charge in [-0.1, -0.05) is 25.0 Å². The first-order valence-electron chi connectivity index (χ1n) is 7.97. The maximum Gasteiger partial charge on any atom is 0.0465 e. The highest BCUT2D eigenvalue weighted by Gasteiger charge is 2.46. The van der Waals surface area contributed by atoms with Crippen molar-refractivity contribution in [3.63, 3.8) is 0 Å². The lowest BCUT2D eigenvalue weighted by Crippen LogP contribution is -2.44. The third kappa shape index (κ3) is 2.33. The molecule has 0 aromatic heterocycles. The van der Waals surface area contributed by atoms with Crippen molar-refractivity contribution in [1.82, 2.24) is 5.32 Å². The molecular weight excluding hydrogens is 230 g/mol. The summed E-state index contributed by atoms with van der Waals surface area (Å²) in [5.74, 6) is 0.881. The molecule has 1 N–H and O–H groups in total. The maximum atomic E-state index is 3.96. The molecule has 0 amide bonds. The summed E-state index contributed by atoms with van der Waals surface area (Å²) in [6.45, 7) is 7.99. The summed E-state index contributed by atoms with van der Waals surface area (Å²) in [6.07, 6.45) is 8.29. The second-order valence-corrected chi connectivity index (χ2v) is 6.73. The molecule has 3 rings (SSSR count). The van der Waals surface area contributed by atoms with E-state index in [0.29, 0.717) is 5.54 Å². The first kappa shape index (κ1) is 13.2. The largest absolute Gasteiger partial charge is 0.307 e. The summed E-state index contributed by atoms with van der Waals surface area (Å²) in [7, 11) is 0. The zero-order valence-electron chi connectivity index (χ0n) is 12.7. The van der Waals surface area contributed by atoms with Gasteiger partial charge >= 0.3 is 0 Å². The van der Waals surface area contributed by atoms with Crippen molar-refractivity contribution in [2.75, 3.05) is 6.54 Å². The number of hydrogen-bond donors (Lipinski definition) is 1. The van der Waals surface area contributed by atoms with Gasteiger partial charge in [-0.15, -0.1) is 0 Å². The van der Waals surface area contributed by atoms with E-state index in [-0.39, 0.29) is 0 Å². The summed E-state index contributed by atoms with van der Waals surface area (Å²) < 4.78 is 0. The molecule has 0 spiro atoms. The fourth-order valence-electron chi connectivity index (χ4n) is 3.92. The van der Waals surface area contributed by atoms with Crippen LogP contribution in [0.2, 0.25) is 0 Å². The van der Waals surface area contributed by atoms with Crippen molar-refractivity contribution in [3.8, 4) is 0 Å². The quantitative estimate of drug-likeness (QED) is 0.829. The first-order valence-corrected chi connectivity index (χ1v) is 7.97. The van der Waals surface area contributed by atoms with Gasteiger partial charge < -0.3 is 5.32 Å². The van der Waals surface area contributed by atoms with Gasteiger partial charge in [-0.2, -0.15) is 0 Å². The first-order chi connectivity index (χ1) is 9.13. The molecule has 1 saturated carbocycles. The van der Waals surface area contributed by atoms with Crippen molar-refractivity contribution < 1.29 is 0 Å². The second-order valence-electron chi connectivity index (χ2n) is 6.73. The van der Waals surface area contributed by atoms with E-state index in [0.717, 1.165) is 5.92 Å². The van der Waals surface area contributed by atoms with Crippen molar-refractivity contribution >= 4 is 0 Å². The van der Waals surface area contributed by atoms with Crippen LogP contribution in [0.5, 0.6) is 0 Å². The van der Waals surface area contributed by atoms with Gasteiger partial charge in [0.1, 0.15) is 0 Å². The van der Waals surface area contributed by atoms with Crippen LogP contribution in [0.15, 0.2) is 12.1 Å². The van der Waals surface area contributed by atoms with Crippen LogP contribution >= 0.6 is 0 Å². The van der Waals surface area contributed by atoms with E-state index in [9.17, 15) is 0 Å². The van der Waals surface area contributed by atoms with Crippen LogP contribution in [0.3, 0.4) is 0 Å². The highest BCUT2D eigenvalue weighted by molar-refractivity contribution is 5.42. The number of aryl methyl sites for hydroxylation is 3. The molecule has 104 valence electrons. The molecule has 1 aliphatic heterocycles. The summed E-state index contributed by atoms with van der Waals surface area (Å²) >= 11 is 0. The topological polar surface area (TPSA) is 12.0 Å². The Morgan fingerprint density at radius 3 is 2.42 bits per heavy atom. The van der Waals surface area contributed by atoms with E-state index < -0.39 is 0 Å². The number of benzene rings is 1. The molecular formula is C18H27N. The molecule has 0 radical (unpaired) electrons. The molecule has 1 atom stereocenters. The molecule has 2 aliphatic rings. The van der Waals surface area contributed by atoms with E-state index in [1.165, 1.54) is 61.8 Å². The fourth-order valence-corrected chi connectivity index (χ4v) is 3.92. The van der Waals surface area contributed by atoms with Crippen LogP contribution in [0.1, 0.15) is 60.8 Å². The van der Waals surface area contributed by atoms with Crippen molar-refractivity contribution in [2.24, 2.45) is 5.92 Å². The van der Waals surface area contributed by atoms with Crippen LogP contribution < -0.4 is 5.32 Å². The second kappa shape index (κ2) is 4.94. The van der Waals surface area contributed by atoms with Crippen molar-refractivity contribution in [3.05, 3.63) is 34.4 Å². The van der Waals surface area contributed by atoms with Crippen LogP contribution in [0.4, 0.5) is 0 Å². The molecule has 1 nitrogen and oxygen atoms in total. The van der Waals surface area contributed by atoms with Crippen LogP contribution in [-0.2, 0) is 5.54 Å². The Kier molecular flexibility index (Phi) is 3.42. The number of rotatable bonds is 2. The third-order valence-electron chi connectivity index (χ3n) is 5.28. The van der Waals surface area contributed by atoms with Gasteiger partial charge in [-0.25, -0.2) is 0 Å². The van der Waals surface area contributed by atoms with E-state index in [1.54, 1.807) is 5.56 Å². The Hall–Kier alpha value is -0.820. The lowest BCUT2D eigenvalue weighted by Gasteiger charge is -2.37. The van der Waals surface area contributed by atoms with Gasteiger partial charge in [0.2, 0.25) is 0 Å².